The van der Waals surface area contributed by atoms with Crippen LogP contribution in [0.25, 0.3) is 0 Å². The maximum Gasteiger partial charge on any atom is 0.234 e. The summed E-state index contributed by atoms with van der Waals surface area (Å²) in [7, 11) is 0. The summed E-state index contributed by atoms with van der Waals surface area (Å²) >= 11 is 0. The minimum absolute atomic E-state index is 0. The van der Waals surface area contributed by atoms with Crippen LogP contribution in [-0.2, 0) is 11.3 Å². The summed E-state index contributed by atoms with van der Waals surface area (Å²) in [5.74, 6) is 0.112. The molecule has 1 rings (SSSR count). The molecule has 1 aromatic rings. The monoisotopic (exact) mass is 284 g/mol. The molecule has 0 unspecified atom stereocenters. The van der Waals surface area contributed by atoms with Gasteiger partial charge < -0.3 is 5.32 Å². The highest BCUT2D eigenvalue weighted by atomic mass is 35.5. The van der Waals surface area contributed by atoms with Gasteiger partial charge in [0, 0.05) is 6.54 Å². The summed E-state index contributed by atoms with van der Waals surface area (Å²) < 4.78 is 0. The first kappa shape index (κ1) is 17.9. The van der Waals surface area contributed by atoms with Crippen molar-refractivity contribution >= 4 is 18.3 Å². The van der Waals surface area contributed by atoms with Gasteiger partial charge in [0.25, 0.3) is 0 Å². The normalized spacial score (nSPS) is 10.1. The highest BCUT2D eigenvalue weighted by molar-refractivity contribution is 5.85. The number of amides is 1. The number of halogens is 1. The number of nitrogens with zero attached hydrogens (tertiary/aromatic N) is 1. The third-order valence-corrected chi connectivity index (χ3v) is 2.78. The lowest BCUT2D eigenvalue weighted by Crippen LogP contribution is -2.37. The molecule has 0 fully saturated rings. The summed E-state index contributed by atoms with van der Waals surface area (Å²) in [4.78, 5) is 14.0. The molecule has 4 heteroatoms. The maximum atomic E-state index is 11.8. The van der Waals surface area contributed by atoms with Crippen molar-refractivity contribution in [2.45, 2.75) is 33.2 Å². The van der Waals surface area contributed by atoms with Gasteiger partial charge in [0.05, 0.1) is 6.54 Å². The lowest BCUT2D eigenvalue weighted by molar-refractivity contribution is -0.122. The second-order valence-corrected chi connectivity index (χ2v) is 4.54. The van der Waals surface area contributed by atoms with E-state index in [0.717, 1.165) is 31.5 Å². The van der Waals surface area contributed by atoms with Crippen LogP contribution < -0.4 is 5.32 Å². The lowest BCUT2D eigenvalue weighted by Gasteiger charge is -2.20. The third-order valence-electron chi connectivity index (χ3n) is 2.78. The van der Waals surface area contributed by atoms with Crippen LogP contribution in [0.1, 0.15) is 32.3 Å². The van der Waals surface area contributed by atoms with E-state index >= 15 is 0 Å². The van der Waals surface area contributed by atoms with Gasteiger partial charge in [-0.1, -0.05) is 44.2 Å². The number of rotatable bonds is 8. The van der Waals surface area contributed by atoms with E-state index in [1.807, 2.05) is 30.3 Å². The first-order valence-corrected chi connectivity index (χ1v) is 6.79. The molecule has 1 aromatic carbocycles. The van der Waals surface area contributed by atoms with E-state index in [4.69, 9.17) is 0 Å². The smallest absolute Gasteiger partial charge is 0.234 e. The van der Waals surface area contributed by atoms with E-state index in [9.17, 15) is 4.79 Å². The van der Waals surface area contributed by atoms with Gasteiger partial charge in [-0.2, -0.15) is 0 Å². The predicted octanol–water partition coefficient (Wildman–Crippen LogP) is 2.85. The summed E-state index contributed by atoms with van der Waals surface area (Å²) in [5, 5.41) is 2.97. The van der Waals surface area contributed by atoms with E-state index in [-0.39, 0.29) is 18.3 Å². The minimum atomic E-state index is 0. The Hall–Kier alpha value is -1.06. The largest absolute Gasteiger partial charge is 0.351 e. The van der Waals surface area contributed by atoms with Gasteiger partial charge in [-0.25, -0.2) is 0 Å². The Morgan fingerprint density at radius 3 is 2.21 bits per heavy atom. The van der Waals surface area contributed by atoms with Crippen molar-refractivity contribution in [1.29, 1.82) is 0 Å². The fourth-order valence-electron chi connectivity index (χ4n) is 1.96. The molecular weight excluding hydrogens is 260 g/mol. The van der Waals surface area contributed by atoms with Gasteiger partial charge in [-0.05, 0) is 31.5 Å². The van der Waals surface area contributed by atoms with Crippen LogP contribution in [0.4, 0.5) is 0 Å². The topological polar surface area (TPSA) is 32.3 Å². The highest BCUT2D eigenvalue weighted by Gasteiger charge is 2.08. The van der Waals surface area contributed by atoms with Crippen molar-refractivity contribution in [2.24, 2.45) is 0 Å². The molecule has 3 nitrogen and oxygen atoms in total. The standard InChI is InChI=1S/C15H24N2O.ClH/c1-3-10-17(11-4-2)13-15(18)16-12-14-8-6-5-7-9-14;/h5-9H,3-4,10-13H2,1-2H3,(H,16,18);1H. The van der Waals surface area contributed by atoms with Crippen molar-refractivity contribution in [3.8, 4) is 0 Å². The maximum absolute atomic E-state index is 11.8. The second kappa shape index (κ2) is 10.8. The number of hydrogen-bond donors (Lipinski definition) is 1. The zero-order chi connectivity index (χ0) is 13.2. The number of nitrogens with one attached hydrogen (secondary N) is 1. The molecule has 0 aromatic heterocycles. The molecule has 0 radical (unpaired) electrons. The molecule has 0 saturated heterocycles. The summed E-state index contributed by atoms with van der Waals surface area (Å²) in [6, 6.07) is 10.0. The Balaban J connectivity index is 0.00000324. The molecule has 0 atom stereocenters. The number of carbonyl (C=O) groups excluding carboxylic acids is 1. The average Bonchev–Trinajstić information content (AvgIpc) is 2.38. The fraction of sp³-hybridized carbons (Fsp3) is 0.533. The van der Waals surface area contributed by atoms with Crippen molar-refractivity contribution < 1.29 is 4.79 Å². The quantitative estimate of drug-likeness (QED) is 0.796. The Morgan fingerprint density at radius 2 is 1.68 bits per heavy atom. The van der Waals surface area contributed by atoms with Crippen LogP contribution in [-0.4, -0.2) is 30.4 Å². The summed E-state index contributed by atoms with van der Waals surface area (Å²) in [5.41, 5.74) is 1.14. The van der Waals surface area contributed by atoms with Crippen LogP contribution in [0.5, 0.6) is 0 Å². The van der Waals surface area contributed by atoms with Crippen LogP contribution in [0, 0.1) is 0 Å². The summed E-state index contributed by atoms with van der Waals surface area (Å²) in [6.07, 6.45) is 2.18. The van der Waals surface area contributed by atoms with Crippen LogP contribution in [0.3, 0.4) is 0 Å². The van der Waals surface area contributed by atoms with Crippen molar-refractivity contribution in [3.05, 3.63) is 35.9 Å². The Morgan fingerprint density at radius 1 is 1.11 bits per heavy atom. The van der Waals surface area contributed by atoms with Gasteiger partial charge in [0.2, 0.25) is 5.91 Å². The molecular formula is C15H25ClN2O. The van der Waals surface area contributed by atoms with Crippen molar-refractivity contribution in [1.82, 2.24) is 10.2 Å². The van der Waals surface area contributed by atoms with Gasteiger partial charge in [0.15, 0.2) is 0 Å². The number of carbonyl (C=O) groups is 1. The molecule has 0 saturated carbocycles. The Labute approximate surface area is 122 Å². The summed E-state index contributed by atoms with van der Waals surface area (Å²) in [6.45, 7) is 7.40. The van der Waals surface area contributed by atoms with Gasteiger partial charge in [-0.15, -0.1) is 12.4 Å². The van der Waals surface area contributed by atoms with Crippen molar-refractivity contribution in [3.63, 3.8) is 0 Å². The van der Waals surface area contributed by atoms with Gasteiger partial charge in [-0.3, -0.25) is 9.69 Å². The molecule has 0 aliphatic rings. The second-order valence-electron chi connectivity index (χ2n) is 4.54. The molecule has 1 N–H and O–H groups in total. The molecule has 0 aliphatic heterocycles. The first-order chi connectivity index (χ1) is 8.76. The van der Waals surface area contributed by atoms with E-state index in [2.05, 4.69) is 24.1 Å². The zero-order valence-electron chi connectivity index (χ0n) is 11.9. The van der Waals surface area contributed by atoms with Crippen LogP contribution in [0.15, 0.2) is 30.3 Å². The van der Waals surface area contributed by atoms with E-state index in [1.54, 1.807) is 0 Å². The molecule has 0 spiro atoms. The van der Waals surface area contributed by atoms with E-state index < -0.39 is 0 Å². The third kappa shape index (κ3) is 7.85. The van der Waals surface area contributed by atoms with Gasteiger partial charge >= 0.3 is 0 Å². The van der Waals surface area contributed by atoms with E-state index in [0.29, 0.717) is 13.1 Å². The van der Waals surface area contributed by atoms with E-state index in [1.165, 1.54) is 0 Å². The van der Waals surface area contributed by atoms with Crippen LogP contribution in [0.2, 0.25) is 0 Å². The first-order valence-electron chi connectivity index (χ1n) is 6.79. The van der Waals surface area contributed by atoms with Gasteiger partial charge in [0.1, 0.15) is 0 Å². The predicted molar refractivity (Wildman–Crippen MR) is 82.6 cm³/mol. The molecule has 0 heterocycles. The number of benzene rings is 1. The molecule has 1 amide bonds. The zero-order valence-corrected chi connectivity index (χ0v) is 12.7. The SMILES string of the molecule is CCCN(CCC)CC(=O)NCc1ccccc1.Cl. The average molecular weight is 285 g/mol. The molecule has 0 aliphatic carbocycles. The van der Waals surface area contributed by atoms with Crippen LogP contribution >= 0.6 is 12.4 Å². The number of hydrogen-bond acceptors (Lipinski definition) is 2. The highest BCUT2D eigenvalue weighted by Crippen LogP contribution is 1.98. The molecule has 0 bridgehead atoms. The molecule has 19 heavy (non-hydrogen) atoms. The Kier molecular flexibility index (Phi) is 10.2. The minimum Gasteiger partial charge on any atom is -0.351 e. The molecule has 108 valence electrons. The Bertz CT molecular complexity index is 337. The fourth-order valence-corrected chi connectivity index (χ4v) is 1.96. The lowest BCUT2D eigenvalue weighted by atomic mass is 10.2. The van der Waals surface area contributed by atoms with Crippen molar-refractivity contribution in [2.75, 3.05) is 19.6 Å².